The molecule has 0 saturated heterocycles. The largest absolute Gasteiger partial charge is 0.496 e. The molecule has 0 aromatic heterocycles. The Balaban J connectivity index is 2.68. The molecular weight excluding hydrogens is 312 g/mol. The molecule has 5 heteroatoms. The Hall–Kier alpha value is -0.620. The molecule has 1 atom stereocenters. The van der Waals surface area contributed by atoms with Crippen LogP contribution in [0.15, 0.2) is 22.7 Å². The number of hydrogen-bond acceptors (Lipinski definition) is 4. The van der Waals surface area contributed by atoms with Crippen molar-refractivity contribution in [2.75, 3.05) is 20.3 Å². The molecular formula is C14H21BrO4. The molecule has 0 heterocycles. The summed E-state index contributed by atoms with van der Waals surface area (Å²) in [5.74, 6) is 0.768. The third-order valence-electron chi connectivity index (χ3n) is 2.64. The summed E-state index contributed by atoms with van der Waals surface area (Å²) < 4.78 is 16.8. The van der Waals surface area contributed by atoms with Crippen molar-refractivity contribution in [1.29, 1.82) is 0 Å². The normalized spacial score (nSPS) is 12.7. The lowest BCUT2D eigenvalue weighted by molar-refractivity contribution is -0.188. The van der Waals surface area contributed by atoms with Crippen LogP contribution in [0, 0.1) is 0 Å². The van der Waals surface area contributed by atoms with Crippen LogP contribution in [0.1, 0.15) is 19.4 Å². The van der Waals surface area contributed by atoms with E-state index < -0.39 is 12.4 Å². The summed E-state index contributed by atoms with van der Waals surface area (Å²) in [7, 11) is 1.62. The minimum atomic E-state index is -0.694. The third-order valence-corrected chi connectivity index (χ3v) is 3.26. The van der Waals surface area contributed by atoms with Crippen molar-refractivity contribution in [2.45, 2.75) is 32.7 Å². The lowest BCUT2D eigenvalue weighted by atomic mass is 10.1. The first-order valence-electron chi connectivity index (χ1n) is 6.36. The van der Waals surface area contributed by atoms with Gasteiger partial charge in [-0.05, 0) is 47.5 Å². The molecule has 0 aliphatic heterocycles. The standard InChI is InChI=1S/C14H21BrO4/c1-4-18-14(19-5-2)12(16)9-10-6-7-13(17-3)11(15)8-10/h6-8,12,14,16H,4-5,9H2,1-3H3. The highest BCUT2D eigenvalue weighted by molar-refractivity contribution is 9.10. The molecule has 0 radical (unpaired) electrons. The number of benzene rings is 1. The first kappa shape index (κ1) is 16.4. The molecule has 0 spiro atoms. The Morgan fingerprint density at radius 2 is 1.84 bits per heavy atom. The van der Waals surface area contributed by atoms with Crippen molar-refractivity contribution in [3.63, 3.8) is 0 Å². The van der Waals surface area contributed by atoms with E-state index in [1.165, 1.54) is 0 Å². The second kappa shape index (κ2) is 8.53. The van der Waals surface area contributed by atoms with Gasteiger partial charge in [0.15, 0.2) is 6.29 Å². The van der Waals surface area contributed by atoms with E-state index in [4.69, 9.17) is 14.2 Å². The fourth-order valence-corrected chi connectivity index (χ4v) is 2.36. The summed E-state index contributed by atoms with van der Waals surface area (Å²) in [6.07, 6.45) is -0.816. The van der Waals surface area contributed by atoms with Gasteiger partial charge >= 0.3 is 0 Å². The summed E-state index contributed by atoms with van der Waals surface area (Å²) in [5.41, 5.74) is 0.990. The molecule has 0 fully saturated rings. The van der Waals surface area contributed by atoms with E-state index in [0.717, 1.165) is 15.8 Å². The third kappa shape index (κ3) is 5.10. The van der Waals surface area contributed by atoms with Crippen LogP contribution in [0.2, 0.25) is 0 Å². The van der Waals surface area contributed by atoms with E-state index >= 15 is 0 Å². The maximum atomic E-state index is 10.1. The molecule has 0 bridgehead atoms. The van der Waals surface area contributed by atoms with Gasteiger partial charge in [0.2, 0.25) is 0 Å². The molecule has 4 nitrogen and oxygen atoms in total. The van der Waals surface area contributed by atoms with Gasteiger partial charge in [0.1, 0.15) is 11.9 Å². The van der Waals surface area contributed by atoms with Gasteiger partial charge in [-0.1, -0.05) is 6.07 Å². The van der Waals surface area contributed by atoms with Crippen molar-refractivity contribution in [3.05, 3.63) is 28.2 Å². The zero-order valence-corrected chi connectivity index (χ0v) is 13.1. The highest BCUT2D eigenvalue weighted by atomic mass is 79.9. The van der Waals surface area contributed by atoms with Gasteiger partial charge in [0.25, 0.3) is 0 Å². The minimum Gasteiger partial charge on any atom is -0.496 e. The van der Waals surface area contributed by atoms with Crippen LogP contribution < -0.4 is 4.74 Å². The van der Waals surface area contributed by atoms with Crippen LogP contribution in [-0.2, 0) is 15.9 Å². The van der Waals surface area contributed by atoms with Crippen molar-refractivity contribution >= 4 is 15.9 Å². The quantitative estimate of drug-likeness (QED) is 0.743. The van der Waals surface area contributed by atoms with Gasteiger partial charge in [0, 0.05) is 19.6 Å². The predicted molar refractivity (Wildman–Crippen MR) is 77.4 cm³/mol. The maximum Gasteiger partial charge on any atom is 0.183 e. The lowest BCUT2D eigenvalue weighted by Crippen LogP contribution is -2.33. The van der Waals surface area contributed by atoms with Crippen LogP contribution in [-0.4, -0.2) is 37.8 Å². The van der Waals surface area contributed by atoms with Crippen molar-refractivity contribution in [3.8, 4) is 5.75 Å². The molecule has 19 heavy (non-hydrogen) atoms. The minimum absolute atomic E-state index is 0.466. The first-order chi connectivity index (χ1) is 9.12. The van der Waals surface area contributed by atoms with Gasteiger partial charge in [-0.2, -0.15) is 0 Å². The molecule has 1 aromatic rings. The number of hydrogen-bond donors (Lipinski definition) is 1. The number of methoxy groups -OCH3 is 1. The van der Waals surface area contributed by atoms with Crippen LogP contribution in [0.3, 0.4) is 0 Å². The molecule has 0 aliphatic rings. The average molecular weight is 333 g/mol. The van der Waals surface area contributed by atoms with E-state index in [1.54, 1.807) is 7.11 Å². The van der Waals surface area contributed by atoms with Gasteiger partial charge in [0.05, 0.1) is 11.6 Å². The second-order valence-corrected chi connectivity index (χ2v) is 4.87. The molecule has 108 valence electrons. The summed E-state index contributed by atoms with van der Waals surface area (Å²) >= 11 is 3.43. The Kier molecular flexibility index (Phi) is 7.38. The van der Waals surface area contributed by atoms with Crippen LogP contribution in [0.25, 0.3) is 0 Å². The maximum absolute atomic E-state index is 10.1. The Labute approximate surface area is 122 Å². The number of rotatable bonds is 8. The summed E-state index contributed by atoms with van der Waals surface area (Å²) in [6.45, 7) is 4.77. The Morgan fingerprint density at radius 3 is 2.32 bits per heavy atom. The van der Waals surface area contributed by atoms with Crippen LogP contribution >= 0.6 is 15.9 Å². The zero-order valence-electron chi connectivity index (χ0n) is 11.6. The fourth-order valence-electron chi connectivity index (χ4n) is 1.77. The monoisotopic (exact) mass is 332 g/mol. The van der Waals surface area contributed by atoms with E-state index in [1.807, 2.05) is 32.0 Å². The van der Waals surface area contributed by atoms with Gasteiger partial charge in [-0.15, -0.1) is 0 Å². The van der Waals surface area contributed by atoms with E-state index in [9.17, 15) is 5.11 Å². The topological polar surface area (TPSA) is 47.9 Å². The average Bonchev–Trinajstić information content (AvgIpc) is 2.38. The van der Waals surface area contributed by atoms with Crippen molar-refractivity contribution in [2.24, 2.45) is 0 Å². The number of aliphatic hydroxyl groups is 1. The molecule has 0 aliphatic carbocycles. The summed E-state index contributed by atoms with van der Waals surface area (Å²) in [4.78, 5) is 0. The fraction of sp³-hybridized carbons (Fsp3) is 0.571. The molecule has 0 amide bonds. The van der Waals surface area contributed by atoms with E-state index in [-0.39, 0.29) is 0 Å². The summed E-state index contributed by atoms with van der Waals surface area (Å²) in [6, 6.07) is 5.71. The Bertz CT molecular complexity index is 378. The first-order valence-corrected chi connectivity index (χ1v) is 7.15. The summed E-state index contributed by atoms with van der Waals surface area (Å²) in [5, 5.41) is 10.1. The molecule has 1 aromatic carbocycles. The predicted octanol–water partition coefficient (Wildman–Crippen LogP) is 2.76. The van der Waals surface area contributed by atoms with E-state index in [2.05, 4.69) is 15.9 Å². The van der Waals surface area contributed by atoms with Crippen molar-refractivity contribution < 1.29 is 19.3 Å². The molecule has 1 N–H and O–H groups in total. The smallest absolute Gasteiger partial charge is 0.183 e. The lowest BCUT2D eigenvalue weighted by Gasteiger charge is -2.22. The Morgan fingerprint density at radius 1 is 1.21 bits per heavy atom. The van der Waals surface area contributed by atoms with E-state index in [0.29, 0.717) is 19.6 Å². The highest BCUT2D eigenvalue weighted by Crippen LogP contribution is 2.26. The number of halogens is 1. The molecule has 0 saturated carbocycles. The van der Waals surface area contributed by atoms with Gasteiger partial charge in [-0.25, -0.2) is 0 Å². The van der Waals surface area contributed by atoms with Gasteiger partial charge < -0.3 is 19.3 Å². The van der Waals surface area contributed by atoms with Crippen LogP contribution in [0.5, 0.6) is 5.75 Å². The number of ether oxygens (including phenoxy) is 3. The number of aliphatic hydroxyl groups excluding tert-OH is 1. The molecule has 1 unspecified atom stereocenters. The SMILES string of the molecule is CCOC(OCC)C(O)Cc1ccc(OC)c(Br)c1. The van der Waals surface area contributed by atoms with Crippen LogP contribution in [0.4, 0.5) is 0 Å². The zero-order chi connectivity index (χ0) is 14.3. The van der Waals surface area contributed by atoms with Gasteiger partial charge in [-0.3, -0.25) is 0 Å². The second-order valence-electron chi connectivity index (χ2n) is 4.02. The highest BCUT2D eigenvalue weighted by Gasteiger charge is 2.20. The molecule has 1 rings (SSSR count). The van der Waals surface area contributed by atoms with Crippen molar-refractivity contribution in [1.82, 2.24) is 0 Å².